The molecule has 2 amide bonds. The average Bonchev–Trinajstić information content (AvgIpc) is 3.30. The lowest BCUT2D eigenvalue weighted by atomic mass is 9.70. The van der Waals surface area contributed by atoms with Crippen LogP contribution in [0.3, 0.4) is 0 Å². The van der Waals surface area contributed by atoms with Gasteiger partial charge in [-0.3, -0.25) is 14.6 Å². The highest BCUT2D eigenvalue weighted by atomic mass is 16.5. The van der Waals surface area contributed by atoms with E-state index in [4.69, 9.17) is 4.74 Å². The number of nitrogens with one attached hydrogen (secondary N) is 1. The summed E-state index contributed by atoms with van der Waals surface area (Å²) in [6, 6.07) is 13.4. The predicted molar refractivity (Wildman–Crippen MR) is 108 cm³/mol. The lowest BCUT2D eigenvalue weighted by Gasteiger charge is -2.44. The molecule has 0 saturated carbocycles. The first-order valence-corrected chi connectivity index (χ1v) is 10.3. The van der Waals surface area contributed by atoms with Crippen molar-refractivity contribution in [2.24, 2.45) is 5.92 Å². The molecule has 3 aliphatic heterocycles. The summed E-state index contributed by atoms with van der Waals surface area (Å²) in [5.41, 5.74) is 2.11. The van der Waals surface area contributed by atoms with E-state index in [0.29, 0.717) is 26.0 Å². The van der Waals surface area contributed by atoms with Crippen molar-refractivity contribution < 1.29 is 14.3 Å². The van der Waals surface area contributed by atoms with Gasteiger partial charge in [0.25, 0.3) is 5.91 Å². The van der Waals surface area contributed by atoms with Crippen molar-refractivity contribution in [1.82, 2.24) is 9.88 Å². The molecule has 0 bridgehead atoms. The molecule has 2 unspecified atom stereocenters. The van der Waals surface area contributed by atoms with Crippen LogP contribution < -0.4 is 5.32 Å². The molecule has 1 aromatic heterocycles. The number of piperidine rings is 1. The monoisotopic (exact) mass is 391 g/mol. The molecule has 2 saturated heterocycles. The van der Waals surface area contributed by atoms with Gasteiger partial charge in [-0.15, -0.1) is 0 Å². The molecular weight excluding hydrogens is 366 g/mol. The van der Waals surface area contributed by atoms with Crippen molar-refractivity contribution in [3.63, 3.8) is 0 Å². The van der Waals surface area contributed by atoms with Crippen LogP contribution in [0, 0.1) is 5.92 Å². The summed E-state index contributed by atoms with van der Waals surface area (Å²) in [5.74, 6) is 0.252. The highest BCUT2D eigenvalue weighted by molar-refractivity contribution is 6.06. The predicted octanol–water partition coefficient (Wildman–Crippen LogP) is 3.06. The molecule has 6 heteroatoms. The maximum atomic E-state index is 13.4. The Kier molecular flexibility index (Phi) is 4.39. The normalized spacial score (nSPS) is 31.0. The molecule has 1 aromatic carbocycles. The number of fused-ring (bicyclic) bond motifs is 2. The fourth-order valence-electron chi connectivity index (χ4n) is 5.11. The molecule has 2 aromatic rings. The Bertz CT molecular complexity index is 947. The van der Waals surface area contributed by atoms with Crippen molar-refractivity contribution >= 4 is 17.5 Å². The van der Waals surface area contributed by atoms with Crippen LogP contribution in [-0.4, -0.2) is 41.0 Å². The van der Waals surface area contributed by atoms with Gasteiger partial charge < -0.3 is 15.0 Å². The van der Waals surface area contributed by atoms with Gasteiger partial charge in [0.05, 0.1) is 17.2 Å². The smallest absolute Gasteiger partial charge is 0.252 e. The highest BCUT2D eigenvalue weighted by Gasteiger charge is 2.53. The Labute approximate surface area is 170 Å². The van der Waals surface area contributed by atoms with Crippen LogP contribution in [0.2, 0.25) is 0 Å². The summed E-state index contributed by atoms with van der Waals surface area (Å²) >= 11 is 0. The molecule has 2 fully saturated rings. The molecule has 29 heavy (non-hydrogen) atoms. The largest absolute Gasteiger partial charge is 0.368 e. The average molecular weight is 391 g/mol. The van der Waals surface area contributed by atoms with E-state index < -0.39 is 11.5 Å². The minimum atomic E-state index is -0.627. The van der Waals surface area contributed by atoms with Gasteiger partial charge in [-0.1, -0.05) is 31.2 Å². The molecular formula is C23H25N3O3. The van der Waals surface area contributed by atoms with Crippen molar-refractivity contribution in [3.05, 3.63) is 59.9 Å². The molecule has 0 aliphatic carbocycles. The molecule has 150 valence electrons. The van der Waals surface area contributed by atoms with Gasteiger partial charge in [0, 0.05) is 25.0 Å². The van der Waals surface area contributed by atoms with Gasteiger partial charge >= 0.3 is 0 Å². The number of benzene rings is 1. The number of para-hydroxylation sites is 1. The SMILES string of the molecule is C[C@H]1CCO[C@H]1C(=O)N1CCC2(CC1c1ccccn1)C(=O)Nc1ccccc12. The number of nitrogens with zero attached hydrogens (tertiary/aromatic N) is 2. The lowest BCUT2D eigenvalue weighted by molar-refractivity contribution is -0.149. The summed E-state index contributed by atoms with van der Waals surface area (Å²) in [4.78, 5) is 33.0. The van der Waals surface area contributed by atoms with Crippen molar-refractivity contribution in [3.8, 4) is 0 Å². The molecule has 4 atom stereocenters. The molecule has 0 radical (unpaired) electrons. The summed E-state index contributed by atoms with van der Waals surface area (Å²) in [6.07, 6.45) is 3.38. The van der Waals surface area contributed by atoms with E-state index in [0.717, 1.165) is 23.4 Å². The third kappa shape index (κ3) is 2.85. The zero-order valence-corrected chi connectivity index (χ0v) is 16.5. The van der Waals surface area contributed by atoms with Gasteiger partial charge in [-0.25, -0.2) is 0 Å². The van der Waals surface area contributed by atoms with Crippen LogP contribution >= 0.6 is 0 Å². The van der Waals surface area contributed by atoms with Gasteiger partial charge in [-0.05, 0) is 48.9 Å². The zero-order chi connectivity index (χ0) is 20.0. The van der Waals surface area contributed by atoms with E-state index in [1.165, 1.54) is 0 Å². The number of amides is 2. The minimum absolute atomic E-state index is 0.0205. The number of pyridine rings is 1. The second kappa shape index (κ2) is 6.95. The number of rotatable bonds is 2. The number of hydrogen-bond donors (Lipinski definition) is 1. The molecule has 1 spiro atoms. The summed E-state index contributed by atoms with van der Waals surface area (Å²) in [6.45, 7) is 3.20. The first-order valence-electron chi connectivity index (χ1n) is 10.3. The number of aromatic nitrogens is 1. The van der Waals surface area contributed by atoms with Crippen molar-refractivity contribution in [2.75, 3.05) is 18.5 Å². The van der Waals surface area contributed by atoms with Crippen LogP contribution in [-0.2, 0) is 19.7 Å². The second-order valence-electron chi connectivity index (χ2n) is 8.40. The number of anilines is 1. The molecule has 3 aliphatic rings. The maximum absolute atomic E-state index is 13.4. The maximum Gasteiger partial charge on any atom is 0.252 e. The van der Waals surface area contributed by atoms with E-state index in [1.807, 2.05) is 47.4 Å². The topological polar surface area (TPSA) is 71.5 Å². The van der Waals surface area contributed by atoms with E-state index in [-0.39, 0.29) is 23.8 Å². The number of likely N-dealkylation sites (tertiary alicyclic amines) is 1. The third-order valence-electron chi connectivity index (χ3n) is 6.77. The Balaban J connectivity index is 1.53. The van der Waals surface area contributed by atoms with Crippen molar-refractivity contribution in [2.45, 2.75) is 43.7 Å². The fourth-order valence-corrected chi connectivity index (χ4v) is 5.11. The van der Waals surface area contributed by atoms with E-state index in [2.05, 4.69) is 17.2 Å². The van der Waals surface area contributed by atoms with E-state index in [1.54, 1.807) is 6.20 Å². The quantitative estimate of drug-likeness (QED) is 0.854. The summed E-state index contributed by atoms with van der Waals surface area (Å²) in [7, 11) is 0. The fraction of sp³-hybridized carbons (Fsp3) is 0.435. The van der Waals surface area contributed by atoms with E-state index in [9.17, 15) is 9.59 Å². The van der Waals surface area contributed by atoms with Gasteiger partial charge in [0.1, 0.15) is 6.10 Å². The van der Waals surface area contributed by atoms with Crippen LogP contribution in [0.4, 0.5) is 5.69 Å². The standard InChI is InChI=1S/C23H25N3O3/c1-15-9-13-29-20(15)21(27)26-12-10-23(14-19(26)18-8-4-5-11-24-18)16-6-2-3-7-17(16)25-22(23)28/h2-8,11,15,19-20H,9-10,12-14H2,1H3,(H,25,28)/t15-,19?,20+,23?/m0/s1. The first kappa shape index (κ1) is 18.3. The second-order valence-corrected chi connectivity index (χ2v) is 8.40. The van der Waals surface area contributed by atoms with Crippen LogP contribution in [0.1, 0.15) is 43.5 Å². The molecule has 6 nitrogen and oxygen atoms in total. The Morgan fingerprint density at radius 1 is 1.24 bits per heavy atom. The molecule has 5 rings (SSSR count). The van der Waals surface area contributed by atoms with Gasteiger partial charge in [0.2, 0.25) is 5.91 Å². The highest BCUT2D eigenvalue weighted by Crippen LogP contribution is 2.50. The van der Waals surface area contributed by atoms with Gasteiger partial charge in [0.15, 0.2) is 0 Å². The minimum Gasteiger partial charge on any atom is -0.368 e. The number of carbonyl (C=O) groups is 2. The van der Waals surface area contributed by atoms with Gasteiger partial charge in [-0.2, -0.15) is 0 Å². The lowest BCUT2D eigenvalue weighted by Crippen LogP contribution is -2.52. The van der Waals surface area contributed by atoms with Crippen LogP contribution in [0.15, 0.2) is 48.7 Å². The summed E-state index contributed by atoms with van der Waals surface area (Å²) in [5, 5.41) is 3.05. The molecule has 4 heterocycles. The van der Waals surface area contributed by atoms with Crippen LogP contribution in [0.5, 0.6) is 0 Å². The Hall–Kier alpha value is -2.73. The third-order valence-corrected chi connectivity index (χ3v) is 6.77. The number of hydrogen-bond acceptors (Lipinski definition) is 4. The van der Waals surface area contributed by atoms with Crippen LogP contribution in [0.25, 0.3) is 0 Å². The Morgan fingerprint density at radius 3 is 2.83 bits per heavy atom. The zero-order valence-electron chi connectivity index (χ0n) is 16.5. The summed E-state index contributed by atoms with van der Waals surface area (Å²) < 4.78 is 5.77. The Morgan fingerprint density at radius 2 is 2.07 bits per heavy atom. The van der Waals surface area contributed by atoms with Crippen molar-refractivity contribution in [1.29, 1.82) is 0 Å². The first-order chi connectivity index (χ1) is 14.1. The number of carbonyl (C=O) groups excluding carboxylic acids is 2. The van der Waals surface area contributed by atoms with E-state index >= 15 is 0 Å². The molecule has 1 N–H and O–H groups in total. The number of ether oxygens (including phenoxy) is 1.